The number of hydrogen-bond donors (Lipinski definition) is 0. The van der Waals surface area contributed by atoms with Crippen LogP contribution in [0.4, 0.5) is 21.9 Å². The number of carbonyl (C=O) groups excluding carboxylic acids is 1. The number of anilines is 2. The van der Waals surface area contributed by atoms with Crippen molar-refractivity contribution in [2.75, 3.05) is 21.3 Å². The molecule has 2 aliphatic rings. The summed E-state index contributed by atoms with van der Waals surface area (Å²) in [6, 6.07) is 10.7. The van der Waals surface area contributed by atoms with Crippen LogP contribution < -0.4 is 9.80 Å². The van der Waals surface area contributed by atoms with Crippen LogP contribution in [0.3, 0.4) is 0 Å². The fourth-order valence-electron chi connectivity index (χ4n) is 3.64. The van der Waals surface area contributed by atoms with Crippen LogP contribution in [0.15, 0.2) is 48.5 Å². The number of carbonyl (C=O) groups is 1. The largest absolute Gasteiger partial charge is 0.329 e. The van der Waals surface area contributed by atoms with Gasteiger partial charge in [-0.3, -0.25) is 19.9 Å². The van der Waals surface area contributed by atoms with Gasteiger partial charge in [0.25, 0.3) is 5.69 Å². The number of fused-ring (bicyclic) bond motifs is 1. The van der Waals surface area contributed by atoms with Gasteiger partial charge in [-0.1, -0.05) is 11.6 Å². The first-order chi connectivity index (χ1) is 12.8. The van der Waals surface area contributed by atoms with Gasteiger partial charge in [-0.2, -0.15) is 0 Å². The van der Waals surface area contributed by atoms with E-state index in [0.717, 1.165) is 0 Å². The van der Waals surface area contributed by atoms with Crippen LogP contribution in [-0.4, -0.2) is 43.0 Å². The lowest BCUT2D eigenvalue weighted by Gasteiger charge is -2.22. The number of halogens is 1. The summed E-state index contributed by atoms with van der Waals surface area (Å²) < 4.78 is 24.5. The number of nitrogens with zero attached hydrogens (tertiary/aromatic N) is 3. The lowest BCUT2D eigenvalue weighted by Crippen LogP contribution is -2.37. The Morgan fingerprint density at radius 2 is 1.37 bits per heavy atom. The molecule has 2 atom stereocenters. The van der Waals surface area contributed by atoms with E-state index >= 15 is 0 Å². The highest BCUT2D eigenvalue weighted by Gasteiger charge is 2.54. The molecule has 0 spiro atoms. The zero-order valence-electron chi connectivity index (χ0n) is 13.9. The fraction of sp³-hybridized carbons (Fsp3) is 0.235. The van der Waals surface area contributed by atoms with Crippen LogP contribution in [0.25, 0.3) is 0 Å². The van der Waals surface area contributed by atoms with Crippen LogP contribution in [0.2, 0.25) is 5.02 Å². The molecule has 140 valence electrons. The number of hydrogen-bond acceptors (Lipinski definition) is 5. The molecule has 2 aliphatic heterocycles. The van der Waals surface area contributed by atoms with Gasteiger partial charge in [0, 0.05) is 28.5 Å². The van der Waals surface area contributed by atoms with Crippen LogP contribution in [0.5, 0.6) is 0 Å². The molecule has 2 aromatic rings. The molecule has 0 N–H and O–H groups in total. The highest BCUT2D eigenvalue weighted by molar-refractivity contribution is 7.91. The van der Waals surface area contributed by atoms with Gasteiger partial charge in [-0.25, -0.2) is 13.2 Å². The van der Waals surface area contributed by atoms with Crippen molar-refractivity contribution in [2.45, 2.75) is 12.1 Å². The van der Waals surface area contributed by atoms with Crippen molar-refractivity contribution in [2.24, 2.45) is 0 Å². The molecule has 8 nitrogen and oxygen atoms in total. The van der Waals surface area contributed by atoms with Gasteiger partial charge < -0.3 is 0 Å². The summed E-state index contributed by atoms with van der Waals surface area (Å²) in [5, 5.41) is 11.4. The van der Waals surface area contributed by atoms with Crippen molar-refractivity contribution in [3.05, 3.63) is 63.7 Å². The van der Waals surface area contributed by atoms with Crippen LogP contribution in [-0.2, 0) is 9.84 Å². The fourth-order valence-corrected chi connectivity index (χ4v) is 5.69. The molecule has 0 aliphatic carbocycles. The molecule has 27 heavy (non-hydrogen) atoms. The Labute approximate surface area is 160 Å². The van der Waals surface area contributed by atoms with E-state index < -0.39 is 26.8 Å². The minimum Gasteiger partial charge on any atom is -0.288 e. The molecule has 2 amide bonds. The van der Waals surface area contributed by atoms with Crippen molar-refractivity contribution in [3.8, 4) is 0 Å². The van der Waals surface area contributed by atoms with Gasteiger partial charge in [-0.05, 0) is 36.4 Å². The predicted molar refractivity (Wildman–Crippen MR) is 101 cm³/mol. The number of benzene rings is 2. The van der Waals surface area contributed by atoms with Gasteiger partial charge >= 0.3 is 6.03 Å². The van der Waals surface area contributed by atoms with Gasteiger partial charge in [-0.15, -0.1) is 0 Å². The quantitative estimate of drug-likeness (QED) is 0.442. The molecule has 0 aromatic heterocycles. The molecule has 0 unspecified atom stereocenters. The van der Waals surface area contributed by atoms with E-state index in [1.165, 1.54) is 34.1 Å². The van der Waals surface area contributed by atoms with Crippen molar-refractivity contribution >= 4 is 44.5 Å². The minimum absolute atomic E-state index is 0.101. The summed E-state index contributed by atoms with van der Waals surface area (Å²) in [4.78, 5) is 26.3. The van der Waals surface area contributed by atoms with E-state index in [1.807, 2.05) is 0 Å². The van der Waals surface area contributed by atoms with E-state index in [9.17, 15) is 23.3 Å². The molecular formula is C17H14ClN3O5S. The molecule has 0 radical (unpaired) electrons. The summed E-state index contributed by atoms with van der Waals surface area (Å²) in [5.41, 5.74) is 0.880. The van der Waals surface area contributed by atoms with Gasteiger partial charge in [0.1, 0.15) is 0 Å². The second-order valence-electron chi connectivity index (χ2n) is 6.48. The lowest BCUT2D eigenvalue weighted by molar-refractivity contribution is -0.384. The van der Waals surface area contributed by atoms with Crippen molar-refractivity contribution in [3.63, 3.8) is 0 Å². The second-order valence-corrected chi connectivity index (χ2v) is 9.07. The highest BCUT2D eigenvalue weighted by Crippen LogP contribution is 2.38. The summed E-state index contributed by atoms with van der Waals surface area (Å²) in [5.74, 6) is -0.278. The third kappa shape index (κ3) is 3.02. The second kappa shape index (κ2) is 6.21. The number of sulfone groups is 1. The van der Waals surface area contributed by atoms with E-state index in [4.69, 9.17) is 11.6 Å². The number of rotatable bonds is 3. The van der Waals surface area contributed by atoms with Crippen LogP contribution >= 0.6 is 11.6 Å². The Morgan fingerprint density at radius 3 is 1.81 bits per heavy atom. The maximum atomic E-state index is 13.1. The standard InChI is InChI=1S/C17H14ClN3O5S/c18-11-1-3-12(4-2-11)19-15-9-27(25,26)10-16(15)20(17(19)22)13-5-7-14(8-6-13)21(23)24/h1-8,15-16H,9-10H2/t15-,16+/m0/s1. The molecule has 4 rings (SSSR count). The normalized spacial score (nSPS) is 23.5. The number of urea groups is 1. The Morgan fingerprint density at radius 1 is 0.926 bits per heavy atom. The zero-order valence-corrected chi connectivity index (χ0v) is 15.4. The summed E-state index contributed by atoms with van der Waals surface area (Å²) in [7, 11) is -3.31. The third-order valence-corrected chi connectivity index (χ3v) is 6.76. The average Bonchev–Trinajstić information content (AvgIpc) is 3.05. The Balaban J connectivity index is 1.76. The van der Waals surface area contributed by atoms with Crippen molar-refractivity contribution < 1.29 is 18.1 Å². The van der Waals surface area contributed by atoms with E-state index in [2.05, 4.69) is 0 Å². The zero-order chi connectivity index (χ0) is 19.3. The molecule has 2 fully saturated rings. The monoisotopic (exact) mass is 407 g/mol. The highest BCUT2D eigenvalue weighted by atomic mass is 35.5. The summed E-state index contributed by atoms with van der Waals surface area (Å²) >= 11 is 5.91. The van der Waals surface area contributed by atoms with Crippen LogP contribution in [0.1, 0.15) is 0 Å². The van der Waals surface area contributed by atoms with Crippen molar-refractivity contribution in [1.82, 2.24) is 0 Å². The topological polar surface area (TPSA) is 101 Å². The smallest absolute Gasteiger partial charge is 0.288 e. The summed E-state index contributed by atoms with van der Waals surface area (Å²) in [6.07, 6.45) is 0. The first kappa shape index (κ1) is 17.7. The molecule has 2 saturated heterocycles. The number of nitro groups is 1. The third-order valence-electron chi connectivity index (χ3n) is 4.81. The molecule has 2 aromatic carbocycles. The molecule has 0 bridgehead atoms. The Kier molecular flexibility index (Phi) is 4.08. The summed E-state index contributed by atoms with van der Waals surface area (Å²) in [6.45, 7) is 0. The lowest BCUT2D eigenvalue weighted by atomic mass is 10.1. The molecular weight excluding hydrogens is 394 g/mol. The first-order valence-electron chi connectivity index (χ1n) is 8.10. The van der Waals surface area contributed by atoms with E-state index in [0.29, 0.717) is 16.4 Å². The Hall–Kier alpha value is -2.65. The SMILES string of the molecule is O=C1N(c2ccc([N+](=O)[O-])cc2)[C@@H]2CS(=O)(=O)C[C@@H]2N1c1ccc(Cl)cc1. The number of amides is 2. The maximum Gasteiger partial charge on any atom is 0.329 e. The number of non-ortho nitro benzene ring substituents is 1. The predicted octanol–water partition coefficient (Wildman–Crippen LogP) is 2.86. The Bertz CT molecular complexity index is 1020. The molecule has 2 heterocycles. The van der Waals surface area contributed by atoms with Crippen molar-refractivity contribution in [1.29, 1.82) is 0 Å². The van der Waals surface area contributed by atoms with E-state index in [1.54, 1.807) is 24.3 Å². The van der Waals surface area contributed by atoms with Gasteiger partial charge in [0.2, 0.25) is 0 Å². The van der Waals surface area contributed by atoms with Crippen LogP contribution in [0, 0.1) is 10.1 Å². The number of nitro benzene ring substituents is 1. The molecule has 0 saturated carbocycles. The van der Waals surface area contributed by atoms with Gasteiger partial charge in [0.05, 0.1) is 28.5 Å². The maximum absolute atomic E-state index is 13.1. The molecule has 10 heteroatoms. The first-order valence-corrected chi connectivity index (χ1v) is 10.3. The van der Waals surface area contributed by atoms with Gasteiger partial charge in [0.15, 0.2) is 9.84 Å². The minimum atomic E-state index is -3.31. The van der Waals surface area contributed by atoms with E-state index in [-0.39, 0.29) is 23.2 Å². The average molecular weight is 408 g/mol.